The zero-order valence-electron chi connectivity index (χ0n) is 13.2. The van der Waals surface area contributed by atoms with Gasteiger partial charge in [-0.05, 0) is 49.9 Å². The Morgan fingerprint density at radius 2 is 2.24 bits per heavy atom. The molecule has 3 nitrogen and oxygen atoms in total. The maximum absolute atomic E-state index is 13.9. The Bertz CT molecular complexity index is 504. The summed E-state index contributed by atoms with van der Waals surface area (Å²) in [5.41, 5.74) is 1.02. The van der Waals surface area contributed by atoms with E-state index in [1.54, 1.807) is 17.0 Å². The van der Waals surface area contributed by atoms with E-state index in [-0.39, 0.29) is 11.5 Å². The molecule has 1 saturated heterocycles. The number of likely N-dealkylation sites (tertiary alicyclic amines) is 1. The largest absolute Gasteiger partial charge is 0.338 e. The van der Waals surface area contributed by atoms with Gasteiger partial charge in [-0.3, -0.25) is 4.79 Å². The number of hydrogen-bond donors (Lipinski definition) is 1. The molecule has 0 radical (unpaired) electrons. The molecule has 2 atom stereocenters. The number of hydrogen-bond acceptors (Lipinski definition) is 2. The lowest BCUT2D eigenvalue weighted by atomic mass is 9.93. The third-order valence-electron chi connectivity index (χ3n) is 4.20. The molecule has 1 aliphatic rings. The molecule has 0 saturated carbocycles. The van der Waals surface area contributed by atoms with Gasteiger partial charge in [0, 0.05) is 19.1 Å². The first-order chi connectivity index (χ1) is 10.0. The Balaban J connectivity index is 2.02. The first-order valence-corrected chi connectivity index (χ1v) is 7.81. The Morgan fingerprint density at radius 1 is 1.48 bits per heavy atom. The van der Waals surface area contributed by atoms with Crippen molar-refractivity contribution < 1.29 is 9.18 Å². The molecule has 1 aromatic rings. The first kappa shape index (κ1) is 16.0. The van der Waals surface area contributed by atoms with Crippen molar-refractivity contribution in [1.29, 1.82) is 0 Å². The number of amides is 1. The van der Waals surface area contributed by atoms with Gasteiger partial charge in [-0.2, -0.15) is 0 Å². The summed E-state index contributed by atoms with van der Waals surface area (Å²) in [6.45, 7) is 8.51. The van der Waals surface area contributed by atoms with Crippen molar-refractivity contribution in [3.05, 3.63) is 35.1 Å². The molecule has 0 aromatic heterocycles. The van der Waals surface area contributed by atoms with E-state index in [9.17, 15) is 9.18 Å². The second kappa shape index (κ2) is 7.03. The van der Waals surface area contributed by atoms with Crippen LogP contribution in [0, 0.1) is 18.7 Å². The molecule has 2 rings (SSSR count). The molecule has 116 valence electrons. The van der Waals surface area contributed by atoms with Gasteiger partial charge in [0.25, 0.3) is 5.91 Å². The molecule has 2 unspecified atom stereocenters. The van der Waals surface area contributed by atoms with Gasteiger partial charge in [-0.25, -0.2) is 4.39 Å². The molecule has 1 fully saturated rings. The van der Waals surface area contributed by atoms with Crippen LogP contribution in [0.3, 0.4) is 0 Å². The fourth-order valence-corrected chi connectivity index (χ4v) is 2.93. The van der Waals surface area contributed by atoms with Crippen molar-refractivity contribution in [3.8, 4) is 0 Å². The molecule has 1 aliphatic heterocycles. The summed E-state index contributed by atoms with van der Waals surface area (Å²) in [6.07, 6.45) is 2.04. The quantitative estimate of drug-likeness (QED) is 0.925. The molecule has 1 N–H and O–H groups in total. The third-order valence-corrected chi connectivity index (χ3v) is 4.20. The SMILES string of the molecule is CCCNC1CCN(C(=O)c2ccc(C)cc2F)CC1C. The maximum Gasteiger partial charge on any atom is 0.256 e. The summed E-state index contributed by atoms with van der Waals surface area (Å²) in [5, 5.41) is 3.53. The number of carbonyl (C=O) groups excluding carboxylic acids is 1. The number of rotatable bonds is 4. The first-order valence-electron chi connectivity index (χ1n) is 7.81. The number of piperidine rings is 1. The second-order valence-electron chi connectivity index (χ2n) is 6.06. The summed E-state index contributed by atoms with van der Waals surface area (Å²) < 4.78 is 13.9. The molecular weight excluding hydrogens is 267 g/mol. The van der Waals surface area contributed by atoms with E-state index in [0.29, 0.717) is 25.0 Å². The van der Waals surface area contributed by atoms with Gasteiger partial charge in [-0.1, -0.05) is 19.9 Å². The van der Waals surface area contributed by atoms with Gasteiger partial charge in [0.2, 0.25) is 0 Å². The number of carbonyl (C=O) groups is 1. The summed E-state index contributed by atoms with van der Waals surface area (Å²) in [7, 11) is 0. The van der Waals surface area contributed by atoms with E-state index in [0.717, 1.165) is 24.9 Å². The minimum absolute atomic E-state index is 0.187. The topological polar surface area (TPSA) is 32.3 Å². The van der Waals surface area contributed by atoms with Gasteiger partial charge in [0.15, 0.2) is 0 Å². The highest BCUT2D eigenvalue weighted by atomic mass is 19.1. The molecule has 4 heteroatoms. The number of aryl methyl sites for hydroxylation is 1. The Labute approximate surface area is 126 Å². The Morgan fingerprint density at radius 3 is 2.86 bits per heavy atom. The number of benzene rings is 1. The van der Waals surface area contributed by atoms with Crippen LogP contribution in [0.25, 0.3) is 0 Å². The molecule has 1 amide bonds. The lowest BCUT2D eigenvalue weighted by Crippen LogP contribution is -2.50. The third kappa shape index (κ3) is 3.82. The van der Waals surface area contributed by atoms with Gasteiger partial charge >= 0.3 is 0 Å². The smallest absolute Gasteiger partial charge is 0.256 e. The van der Waals surface area contributed by atoms with Crippen LogP contribution in [0.1, 0.15) is 42.6 Å². The minimum Gasteiger partial charge on any atom is -0.338 e. The van der Waals surface area contributed by atoms with Crippen LogP contribution in [0.15, 0.2) is 18.2 Å². The highest BCUT2D eigenvalue weighted by Crippen LogP contribution is 2.20. The molecule has 0 spiro atoms. The zero-order valence-corrected chi connectivity index (χ0v) is 13.2. The lowest BCUT2D eigenvalue weighted by molar-refractivity contribution is 0.0640. The van der Waals surface area contributed by atoms with E-state index < -0.39 is 5.82 Å². The Kier molecular flexibility index (Phi) is 5.34. The standard InChI is InChI=1S/C17H25FN2O/c1-4-8-19-16-7-9-20(11-13(16)3)17(21)14-6-5-12(2)10-15(14)18/h5-6,10,13,16,19H,4,7-9,11H2,1-3H3. The average Bonchev–Trinajstić information content (AvgIpc) is 2.45. The van der Waals surface area contributed by atoms with Crippen molar-refractivity contribution in [2.75, 3.05) is 19.6 Å². The van der Waals surface area contributed by atoms with Crippen molar-refractivity contribution in [1.82, 2.24) is 10.2 Å². The van der Waals surface area contributed by atoms with Crippen LogP contribution in [0.5, 0.6) is 0 Å². The highest BCUT2D eigenvalue weighted by Gasteiger charge is 2.29. The summed E-state index contributed by atoms with van der Waals surface area (Å²) >= 11 is 0. The summed E-state index contributed by atoms with van der Waals surface area (Å²) in [6, 6.07) is 5.26. The maximum atomic E-state index is 13.9. The average molecular weight is 292 g/mol. The van der Waals surface area contributed by atoms with E-state index in [4.69, 9.17) is 0 Å². The number of nitrogens with one attached hydrogen (secondary N) is 1. The summed E-state index contributed by atoms with van der Waals surface area (Å²) in [4.78, 5) is 14.2. The predicted octanol–water partition coefficient (Wildman–Crippen LogP) is 2.98. The van der Waals surface area contributed by atoms with Crippen LogP contribution in [0.4, 0.5) is 4.39 Å². The number of nitrogens with zero attached hydrogens (tertiary/aromatic N) is 1. The fraction of sp³-hybridized carbons (Fsp3) is 0.588. The van der Waals surface area contributed by atoms with Gasteiger partial charge in [-0.15, -0.1) is 0 Å². The van der Waals surface area contributed by atoms with E-state index in [1.807, 2.05) is 6.92 Å². The van der Waals surface area contributed by atoms with Crippen molar-refractivity contribution in [2.24, 2.45) is 5.92 Å². The van der Waals surface area contributed by atoms with Gasteiger partial charge < -0.3 is 10.2 Å². The van der Waals surface area contributed by atoms with Crippen molar-refractivity contribution in [3.63, 3.8) is 0 Å². The lowest BCUT2D eigenvalue weighted by Gasteiger charge is -2.37. The zero-order chi connectivity index (χ0) is 15.4. The van der Waals surface area contributed by atoms with Crippen molar-refractivity contribution in [2.45, 2.75) is 39.7 Å². The van der Waals surface area contributed by atoms with Crippen LogP contribution in [-0.4, -0.2) is 36.5 Å². The van der Waals surface area contributed by atoms with E-state index >= 15 is 0 Å². The highest BCUT2D eigenvalue weighted by molar-refractivity contribution is 5.94. The number of halogens is 1. The van der Waals surface area contributed by atoms with E-state index in [1.165, 1.54) is 6.07 Å². The molecule has 1 aromatic carbocycles. The van der Waals surface area contributed by atoms with Crippen LogP contribution in [0.2, 0.25) is 0 Å². The minimum atomic E-state index is -0.418. The summed E-state index contributed by atoms with van der Waals surface area (Å²) in [5.74, 6) is -0.213. The Hall–Kier alpha value is -1.42. The van der Waals surface area contributed by atoms with E-state index in [2.05, 4.69) is 19.2 Å². The normalized spacial score (nSPS) is 22.4. The van der Waals surface area contributed by atoms with Gasteiger partial charge in [0.05, 0.1) is 5.56 Å². The predicted molar refractivity (Wildman–Crippen MR) is 82.9 cm³/mol. The molecule has 0 bridgehead atoms. The van der Waals surface area contributed by atoms with Crippen LogP contribution in [-0.2, 0) is 0 Å². The molecular formula is C17H25FN2O. The second-order valence-corrected chi connectivity index (χ2v) is 6.06. The molecule has 0 aliphatic carbocycles. The van der Waals surface area contributed by atoms with Crippen molar-refractivity contribution >= 4 is 5.91 Å². The fourth-order valence-electron chi connectivity index (χ4n) is 2.93. The van der Waals surface area contributed by atoms with Gasteiger partial charge in [0.1, 0.15) is 5.82 Å². The molecule has 21 heavy (non-hydrogen) atoms. The van der Waals surface area contributed by atoms with Crippen LogP contribution >= 0.6 is 0 Å². The monoisotopic (exact) mass is 292 g/mol. The molecule has 1 heterocycles. The van der Waals surface area contributed by atoms with Crippen LogP contribution < -0.4 is 5.32 Å².